The maximum Gasteiger partial charge on any atom is 0.225 e. The van der Waals surface area contributed by atoms with Crippen molar-refractivity contribution in [2.45, 2.75) is 20.4 Å². The molecule has 144 valence electrons. The summed E-state index contributed by atoms with van der Waals surface area (Å²) in [4.78, 5) is 13.6. The van der Waals surface area contributed by atoms with Crippen LogP contribution >= 0.6 is 0 Å². The van der Waals surface area contributed by atoms with E-state index in [0.717, 1.165) is 28.3 Å². The molecule has 2 aromatic heterocycles. The van der Waals surface area contributed by atoms with Gasteiger partial charge in [-0.15, -0.1) is 0 Å². The minimum atomic E-state index is 0.572. The summed E-state index contributed by atoms with van der Waals surface area (Å²) in [6.07, 6.45) is 3.60. The highest BCUT2D eigenvalue weighted by atomic mass is 15.1. The summed E-state index contributed by atoms with van der Waals surface area (Å²) in [5, 5.41) is 6.76. The second-order valence-corrected chi connectivity index (χ2v) is 6.99. The van der Waals surface area contributed by atoms with Gasteiger partial charge in [-0.25, -0.2) is 4.98 Å². The Morgan fingerprint density at radius 1 is 0.862 bits per heavy atom. The van der Waals surface area contributed by atoms with E-state index in [1.807, 2.05) is 54.7 Å². The fourth-order valence-corrected chi connectivity index (χ4v) is 3.12. The van der Waals surface area contributed by atoms with Gasteiger partial charge in [0.1, 0.15) is 5.82 Å². The summed E-state index contributed by atoms with van der Waals surface area (Å²) in [6.45, 7) is 4.79. The first kappa shape index (κ1) is 18.6. The number of aromatic nitrogens is 3. The molecule has 2 N–H and O–H groups in total. The molecule has 0 bridgehead atoms. The Morgan fingerprint density at radius 3 is 2.48 bits per heavy atom. The lowest BCUT2D eigenvalue weighted by molar-refractivity contribution is 1.04. The van der Waals surface area contributed by atoms with Crippen LogP contribution in [0.2, 0.25) is 0 Å². The first-order valence-corrected chi connectivity index (χ1v) is 9.59. The third kappa shape index (κ3) is 4.76. The summed E-state index contributed by atoms with van der Waals surface area (Å²) in [5.74, 6) is 1.32. The molecule has 0 fully saturated rings. The van der Waals surface area contributed by atoms with Crippen LogP contribution < -0.4 is 10.6 Å². The zero-order chi connectivity index (χ0) is 20.1. The predicted molar refractivity (Wildman–Crippen MR) is 118 cm³/mol. The predicted octanol–water partition coefficient (Wildman–Crippen LogP) is 5.51. The van der Waals surface area contributed by atoms with Crippen LogP contribution in [0.5, 0.6) is 0 Å². The van der Waals surface area contributed by atoms with E-state index in [0.29, 0.717) is 12.5 Å². The van der Waals surface area contributed by atoms with Gasteiger partial charge in [0.25, 0.3) is 0 Å². The van der Waals surface area contributed by atoms with Crippen molar-refractivity contribution in [1.82, 2.24) is 15.0 Å². The van der Waals surface area contributed by atoms with Crippen LogP contribution in [0.15, 0.2) is 79.1 Å². The van der Waals surface area contributed by atoms with Crippen molar-refractivity contribution in [3.05, 3.63) is 95.8 Å². The highest BCUT2D eigenvalue weighted by Gasteiger charge is 2.08. The zero-order valence-corrected chi connectivity index (χ0v) is 16.6. The molecule has 0 saturated heterocycles. The fourth-order valence-electron chi connectivity index (χ4n) is 3.12. The van der Waals surface area contributed by atoms with Crippen molar-refractivity contribution >= 4 is 17.5 Å². The van der Waals surface area contributed by atoms with Crippen molar-refractivity contribution in [1.29, 1.82) is 0 Å². The lowest BCUT2D eigenvalue weighted by atomic mass is 10.1. The van der Waals surface area contributed by atoms with Crippen LogP contribution in [-0.4, -0.2) is 15.0 Å². The molecule has 0 amide bonds. The monoisotopic (exact) mass is 381 g/mol. The molecule has 0 atom stereocenters. The maximum atomic E-state index is 4.71. The standard InChI is InChI=1S/C24H23N5/c1-17-10-11-21(18(2)13-17)27-23-14-22(20-8-4-3-5-9-20)28-24(29-23)26-16-19-7-6-12-25-15-19/h3-15H,16H2,1-2H3,(H2,26,27,28,29). The van der Waals surface area contributed by atoms with E-state index in [1.165, 1.54) is 11.1 Å². The topological polar surface area (TPSA) is 62.7 Å². The van der Waals surface area contributed by atoms with Crippen molar-refractivity contribution in [3.63, 3.8) is 0 Å². The van der Waals surface area contributed by atoms with Gasteiger partial charge in [0.15, 0.2) is 0 Å². The average Bonchev–Trinajstić information content (AvgIpc) is 2.75. The van der Waals surface area contributed by atoms with Gasteiger partial charge in [-0.3, -0.25) is 4.98 Å². The van der Waals surface area contributed by atoms with Crippen molar-refractivity contribution in [2.75, 3.05) is 10.6 Å². The number of nitrogens with one attached hydrogen (secondary N) is 2. The summed E-state index contributed by atoms with van der Waals surface area (Å²) in [7, 11) is 0. The van der Waals surface area contributed by atoms with Crippen LogP contribution in [0, 0.1) is 13.8 Å². The lowest BCUT2D eigenvalue weighted by Gasteiger charge is -2.13. The molecule has 4 aromatic rings. The molecule has 4 rings (SSSR count). The zero-order valence-electron chi connectivity index (χ0n) is 16.6. The molecule has 0 aliphatic carbocycles. The van der Waals surface area contributed by atoms with Gasteiger partial charge in [-0.2, -0.15) is 4.98 Å². The molecule has 2 heterocycles. The van der Waals surface area contributed by atoms with E-state index in [2.05, 4.69) is 52.6 Å². The van der Waals surface area contributed by atoms with Gasteiger partial charge >= 0.3 is 0 Å². The second-order valence-electron chi connectivity index (χ2n) is 6.99. The number of hydrogen-bond donors (Lipinski definition) is 2. The number of anilines is 3. The lowest BCUT2D eigenvalue weighted by Crippen LogP contribution is -2.07. The number of nitrogens with zero attached hydrogens (tertiary/aromatic N) is 3. The molecular weight excluding hydrogens is 358 g/mol. The normalized spacial score (nSPS) is 10.6. The smallest absolute Gasteiger partial charge is 0.225 e. The van der Waals surface area contributed by atoms with Crippen LogP contribution in [0.4, 0.5) is 17.5 Å². The Morgan fingerprint density at radius 2 is 1.72 bits per heavy atom. The fraction of sp³-hybridized carbons (Fsp3) is 0.125. The third-order valence-corrected chi connectivity index (χ3v) is 4.61. The van der Waals surface area contributed by atoms with Crippen molar-refractivity contribution in [3.8, 4) is 11.3 Å². The number of pyridine rings is 1. The Kier molecular flexibility index (Phi) is 5.47. The molecule has 0 unspecified atom stereocenters. The quantitative estimate of drug-likeness (QED) is 0.461. The maximum absolute atomic E-state index is 4.71. The van der Waals surface area contributed by atoms with E-state index in [9.17, 15) is 0 Å². The summed E-state index contributed by atoms with van der Waals surface area (Å²) >= 11 is 0. The minimum Gasteiger partial charge on any atom is -0.350 e. The molecule has 0 radical (unpaired) electrons. The molecule has 0 saturated carbocycles. The first-order chi connectivity index (χ1) is 14.2. The highest BCUT2D eigenvalue weighted by Crippen LogP contribution is 2.25. The number of benzene rings is 2. The molecule has 0 aliphatic rings. The van der Waals surface area contributed by atoms with Crippen LogP contribution in [0.25, 0.3) is 11.3 Å². The highest BCUT2D eigenvalue weighted by molar-refractivity contribution is 5.68. The molecule has 5 nitrogen and oxygen atoms in total. The molecular formula is C24H23N5. The van der Waals surface area contributed by atoms with E-state index in [1.54, 1.807) is 6.20 Å². The van der Waals surface area contributed by atoms with Gasteiger partial charge in [0.2, 0.25) is 5.95 Å². The van der Waals surface area contributed by atoms with E-state index in [-0.39, 0.29) is 0 Å². The van der Waals surface area contributed by atoms with Crippen LogP contribution in [0.1, 0.15) is 16.7 Å². The van der Waals surface area contributed by atoms with Gasteiger partial charge in [-0.1, -0.05) is 54.1 Å². The average molecular weight is 381 g/mol. The largest absolute Gasteiger partial charge is 0.350 e. The van der Waals surface area contributed by atoms with Crippen LogP contribution in [0.3, 0.4) is 0 Å². The van der Waals surface area contributed by atoms with Gasteiger partial charge in [0, 0.05) is 36.3 Å². The van der Waals surface area contributed by atoms with Crippen molar-refractivity contribution in [2.24, 2.45) is 0 Å². The Bertz CT molecular complexity index is 1090. The number of hydrogen-bond acceptors (Lipinski definition) is 5. The Balaban J connectivity index is 1.66. The van der Waals surface area contributed by atoms with Crippen LogP contribution in [-0.2, 0) is 6.54 Å². The van der Waals surface area contributed by atoms with Gasteiger partial charge in [-0.05, 0) is 37.1 Å². The molecule has 0 spiro atoms. The van der Waals surface area contributed by atoms with Gasteiger partial charge in [0.05, 0.1) is 5.69 Å². The van der Waals surface area contributed by atoms with E-state index >= 15 is 0 Å². The SMILES string of the molecule is Cc1ccc(Nc2cc(-c3ccccc3)nc(NCc3cccnc3)n2)c(C)c1. The molecule has 5 heteroatoms. The second kappa shape index (κ2) is 8.52. The molecule has 29 heavy (non-hydrogen) atoms. The van der Waals surface area contributed by atoms with E-state index in [4.69, 9.17) is 4.98 Å². The first-order valence-electron chi connectivity index (χ1n) is 9.59. The molecule has 2 aromatic carbocycles. The number of aryl methyl sites for hydroxylation is 2. The van der Waals surface area contributed by atoms with Gasteiger partial charge < -0.3 is 10.6 Å². The number of rotatable bonds is 6. The van der Waals surface area contributed by atoms with Crippen molar-refractivity contribution < 1.29 is 0 Å². The Hall–Kier alpha value is -3.73. The van der Waals surface area contributed by atoms with E-state index < -0.39 is 0 Å². The summed E-state index contributed by atoms with van der Waals surface area (Å²) < 4.78 is 0. The third-order valence-electron chi connectivity index (χ3n) is 4.61. The summed E-state index contributed by atoms with van der Waals surface area (Å²) in [6, 6.07) is 22.4. The molecule has 0 aliphatic heterocycles. The Labute approximate surface area is 170 Å². The summed E-state index contributed by atoms with van der Waals surface area (Å²) in [5.41, 5.74) is 6.43. The minimum absolute atomic E-state index is 0.572.